The molecular weight excluding hydrogens is 238 g/mol. The predicted octanol–water partition coefficient (Wildman–Crippen LogP) is 1.99. The van der Waals surface area contributed by atoms with E-state index in [4.69, 9.17) is 0 Å². The number of amides is 1. The summed E-state index contributed by atoms with van der Waals surface area (Å²) < 4.78 is 0. The van der Waals surface area contributed by atoms with Crippen LogP contribution in [0.3, 0.4) is 0 Å². The molecule has 2 aromatic rings. The molecule has 1 aromatic heterocycles. The van der Waals surface area contributed by atoms with Crippen molar-refractivity contribution in [3.05, 3.63) is 36.0 Å². The standard InChI is InChI=1S/C15H19N3O/c1-2-7-18(11-8-16-9-11)15(19)13-10-17-14-6-4-3-5-12(13)14/h3-6,10-11,16-17H,2,7-9H2,1H3. The van der Waals surface area contributed by atoms with Crippen LogP contribution in [0.4, 0.5) is 0 Å². The molecule has 3 rings (SSSR count). The molecule has 0 spiro atoms. The number of nitrogens with zero attached hydrogens (tertiary/aromatic N) is 1. The summed E-state index contributed by atoms with van der Waals surface area (Å²) in [5.41, 5.74) is 1.81. The first-order valence-electron chi connectivity index (χ1n) is 6.89. The van der Waals surface area contributed by atoms with E-state index in [0.717, 1.165) is 42.5 Å². The molecule has 1 aromatic carbocycles. The molecule has 19 heavy (non-hydrogen) atoms. The van der Waals surface area contributed by atoms with Crippen molar-refractivity contribution in [2.24, 2.45) is 0 Å². The summed E-state index contributed by atoms with van der Waals surface area (Å²) in [5, 5.41) is 4.25. The molecule has 0 atom stereocenters. The second-order valence-electron chi connectivity index (χ2n) is 5.06. The fraction of sp³-hybridized carbons (Fsp3) is 0.400. The molecule has 1 saturated heterocycles. The Morgan fingerprint density at radius 1 is 1.37 bits per heavy atom. The largest absolute Gasteiger partial charge is 0.360 e. The molecule has 4 heteroatoms. The highest BCUT2D eigenvalue weighted by molar-refractivity contribution is 6.06. The average molecular weight is 257 g/mol. The van der Waals surface area contributed by atoms with Gasteiger partial charge >= 0.3 is 0 Å². The average Bonchev–Trinajstić information content (AvgIpc) is 2.79. The Morgan fingerprint density at radius 2 is 2.16 bits per heavy atom. The van der Waals surface area contributed by atoms with Crippen LogP contribution >= 0.6 is 0 Å². The van der Waals surface area contributed by atoms with Gasteiger partial charge in [-0.1, -0.05) is 25.1 Å². The maximum atomic E-state index is 12.7. The van der Waals surface area contributed by atoms with Gasteiger partial charge in [0.05, 0.1) is 11.6 Å². The van der Waals surface area contributed by atoms with Crippen LogP contribution in [0.15, 0.2) is 30.5 Å². The van der Waals surface area contributed by atoms with E-state index in [1.807, 2.05) is 35.4 Å². The number of nitrogens with one attached hydrogen (secondary N) is 2. The van der Waals surface area contributed by atoms with Gasteiger partial charge < -0.3 is 15.2 Å². The molecule has 1 amide bonds. The Labute approximate surface area is 112 Å². The van der Waals surface area contributed by atoms with E-state index in [0.29, 0.717) is 6.04 Å². The summed E-state index contributed by atoms with van der Waals surface area (Å²) in [6.45, 7) is 4.76. The molecule has 0 unspecified atom stereocenters. The van der Waals surface area contributed by atoms with E-state index in [9.17, 15) is 4.79 Å². The molecule has 100 valence electrons. The molecular formula is C15H19N3O. The quantitative estimate of drug-likeness (QED) is 0.880. The maximum absolute atomic E-state index is 12.7. The van der Waals surface area contributed by atoms with Gasteiger partial charge in [0.2, 0.25) is 0 Å². The second kappa shape index (κ2) is 5.05. The van der Waals surface area contributed by atoms with E-state index in [-0.39, 0.29) is 5.91 Å². The minimum Gasteiger partial charge on any atom is -0.360 e. The molecule has 4 nitrogen and oxygen atoms in total. The number of benzene rings is 1. The van der Waals surface area contributed by atoms with Crippen molar-refractivity contribution in [2.45, 2.75) is 19.4 Å². The van der Waals surface area contributed by atoms with Gasteiger partial charge in [0.15, 0.2) is 0 Å². The fourth-order valence-electron chi connectivity index (χ4n) is 2.59. The first-order chi connectivity index (χ1) is 9.31. The van der Waals surface area contributed by atoms with Gasteiger partial charge in [-0.05, 0) is 12.5 Å². The molecule has 0 bridgehead atoms. The number of carbonyl (C=O) groups is 1. The zero-order chi connectivity index (χ0) is 13.2. The van der Waals surface area contributed by atoms with Crippen LogP contribution in [-0.4, -0.2) is 41.5 Å². The number of aromatic nitrogens is 1. The minimum absolute atomic E-state index is 0.144. The lowest BCUT2D eigenvalue weighted by Gasteiger charge is -2.38. The molecule has 1 fully saturated rings. The number of H-pyrrole nitrogens is 1. The van der Waals surface area contributed by atoms with Crippen molar-refractivity contribution in [3.63, 3.8) is 0 Å². The molecule has 0 aliphatic carbocycles. The second-order valence-corrected chi connectivity index (χ2v) is 5.06. The van der Waals surface area contributed by atoms with Gasteiger partial charge in [0.25, 0.3) is 5.91 Å². The van der Waals surface area contributed by atoms with Gasteiger partial charge in [-0.25, -0.2) is 0 Å². The topological polar surface area (TPSA) is 48.1 Å². The van der Waals surface area contributed by atoms with Crippen molar-refractivity contribution in [3.8, 4) is 0 Å². The summed E-state index contributed by atoms with van der Waals surface area (Å²) >= 11 is 0. The van der Waals surface area contributed by atoms with Crippen LogP contribution in [0.1, 0.15) is 23.7 Å². The van der Waals surface area contributed by atoms with Crippen LogP contribution in [0.25, 0.3) is 10.9 Å². The van der Waals surface area contributed by atoms with Gasteiger partial charge in [0.1, 0.15) is 0 Å². The Morgan fingerprint density at radius 3 is 2.84 bits per heavy atom. The summed E-state index contributed by atoms with van der Waals surface area (Å²) in [5.74, 6) is 0.144. The van der Waals surface area contributed by atoms with Crippen molar-refractivity contribution in [1.29, 1.82) is 0 Å². The Hall–Kier alpha value is -1.81. The van der Waals surface area contributed by atoms with Gasteiger partial charge in [-0.15, -0.1) is 0 Å². The monoisotopic (exact) mass is 257 g/mol. The first kappa shape index (κ1) is 12.2. The number of carbonyl (C=O) groups excluding carboxylic acids is 1. The Kier molecular flexibility index (Phi) is 3.25. The number of para-hydroxylation sites is 1. The molecule has 0 radical (unpaired) electrons. The first-order valence-corrected chi connectivity index (χ1v) is 6.89. The van der Waals surface area contributed by atoms with Crippen LogP contribution in [0.5, 0.6) is 0 Å². The minimum atomic E-state index is 0.144. The smallest absolute Gasteiger partial charge is 0.256 e. The van der Waals surface area contributed by atoms with Gasteiger partial charge in [-0.2, -0.15) is 0 Å². The Balaban J connectivity index is 1.92. The third kappa shape index (κ3) is 2.12. The molecule has 1 aliphatic rings. The number of rotatable bonds is 4. The van der Waals surface area contributed by atoms with Gasteiger partial charge in [0, 0.05) is 36.7 Å². The third-order valence-corrected chi connectivity index (χ3v) is 3.75. The number of aromatic amines is 1. The van der Waals surface area contributed by atoms with Crippen molar-refractivity contribution < 1.29 is 4.79 Å². The van der Waals surface area contributed by atoms with Gasteiger partial charge in [-0.3, -0.25) is 4.79 Å². The summed E-state index contributed by atoms with van der Waals surface area (Å²) in [7, 11) is 0. The summed E-state index contributed by atoms with van der Waals surface area (Å²) in [6.07, 6.45) is 2.83. The van der Waals surface area contributed by atoms with E-state index in [1.165, 1.54) is 0 Å². The van der Waals surface area contributed by atoms with E-state index in [1.54, 1.807) is 0 Å². The Bertz CT molecular complexity index is 586. The lowest BCUT2D eigenvalue weighted by Crippen LogP contribution is -2.59. The highest BCUT2D eigenvalue weighted by Crippen LogP contribution is 2.21. The zero-order valence-corrected chi connectivity index (χ0v) is 11.1. The lowest BCUT2D eigenvalue weighted by molar-refractivity contribution is 0.0618. The number of hydrogen-bond acceptors (Lipinski definition) is 2. The molecule has 2 heterocycles. The highest BCUT2D eigenvalue weighted by atomic mass is 16.2. The third-order valence-electron chi connectivity index (χ3n) is 3.75. The van der Waals surface area contributed by atoms with E-state index in [2.05, 4.69) is 17.2 Å². The summed E-state index contributed by atoms with van der Waals surface area (Å²) in [4.78, 5) is 17.9. The molecule has 1 aliphatic heterocycles. The predicted molar refractivity (Wildman–Crippen MR) is 76.3 cm³/mol. The van der Waals surface area contributed by atoms with Crippen molar-refractivity contribution in [1.82, 2.24) is 15.2 Å². The SMILES string of the molecule is CCCN(C(=O)c1c[nH]c2ccccc12)C1CNC1. The lowest BCUT2D eigenvalue weighted by atomic mass is 10.1. The zero-order valence-electron chi connectivity index (χ0n) is 11.1. The van der Waals surface area contributed by atoms with Crippen molar-refractivity contribution in [2.75, 3.05) is 19.6 Å². The molecule has 2 N–H and O–H groups in total. The van der Waals surface area contributed by atoms with E-state index < -0.39 is 0 Å². The number of fused-ring (bicyclic) bond motifs is 1. The summed E-state index contributed by atoms with van der Waals surface area (Å²) in [6, 6.07) is 8.30. The highest BCUT2D eigenvalue weighted by Gasteiger charge is 2.29. The van der Waals surface area contributed by atoms with Crippen LogP contribution < -0.4 is 5.32 Å². The van der Waals surface area contributed by atoms with Crippen molar-refractivity contribution >= 4 is 16.8 Å². The van der Waals surface area contributed by atoms with Crippen LogP contribution in [0, 0.1) is 0 Å². The van der Waals surface area contributed by atoms with Crippen LogP contribution in [-0.2, 0) is 0 Å². The maximum Gasteiger partial charge on any atom is 0.256 e. The fourth-order valence-corrected chi connectivity index (χ4v) is 2.59. The van der Waals surface area contributed by atoms with Crippen LogP contribution in [0.2, 0.25) is 0 Å². The molecule has 0 saturated carbocycles. The number of hydrogen-bond donors (Lipinski definition) is 2. The normalized spacial score (nSPS) is 15.4. The van der Waals surface area contributed by atoms with E-state index >= 15 is 0 Å².